The van der Waals surface area contributed by atoms with Crippen LogP contribution in [0.25, 0.3) is 0 Å². The molecule has 6 nitrogen and oxygen atoms in total. The molecule has 0 spiro atoms. The minimum absolute atomic E-state index is 0.0709. The number of hydrogen-bond acceptors (Lipinski definition) is 4. The van der Waals surface area contributed by atoms with Gasteiger partial charge in [-0.2, -0.15) is 0 Å². The Kier molecular flexibility index (Phi) is 4.97. The standard InChI is InChI=1S/C14H20N2O4S/c1-10(14-4-3-9-20-14)16-21(18,19)13-7-5-12(6-8-13)15-11(2)17/h5-8,10,14,16H,3-4,9H2,1-2H3,(H,15,17). The topological polar surface area (TPSA) is 84.5 Å². The Morgan fingerprint density at radius 3 is 2.52 bits per heavy atom. The van der Waals surface area contributed by atoms with Crippen molar-refractivity contribution in [2.45, 2.75) is 43.7 Å². The molecule has 116 valence electrons. The van der Waals surface area contributed by atoms with E-state index in [1.807, 2.05) is 0 Å². The fraction of sp³-hybridized carbons (Fsp3) is 0.500. The minimum atomic E-state index is -3.58. The molecule has 0 radical (unpaired) electrons. The van der Waals surface area contributed by atoms with Gasteiger partial charge in [-0.25, -0.2) is 13.1 Å². The van der Waals surface area contributed by atoms with Gasteiger partial charge in [0.05, 0.1) is 11.0 Å². The zero-order valence-electron chi connectivity index (χ0n) is 12.1. The normalized spacial score (nSPS) is 20.2. The summed E-state index contributed by atoms with van der Waals surface area (Å²) in [7, 11) is -3.58. The highest BCUT2D eigenvalue weighted by Gasteiger charge is 2.26. The fourth-order valence-corrected chi connectivity index (χ4v) is 3.58. The second kappa shape index (κ2) is 6.55. The Bertz CT molecular complexity index is 592. The van der Waals surface area contributed by atoms with Crippen molar-refractivity contribution >= 4 is 21.6 Å². The fourth-order valence-electron chi connectivity index (χ4n) is 2.31. The smallest absolute Gasteiger partial charge is 0.240 e. The van der Waals surface area contributed by atoms with Crippen molar-refractivity contribution in [1.29, 1.82) is 0 Å². The van der Waals surface area contributed by atoms with Crippen LogP contribution in [0.5, 0.6) is 0 Å². The van der Waals surface area contributed by atoms with Gasteiger partial charge in [0.2, 0.25) is 15.9 Å². The lowest BCUT2D eigenvalue weighted by atomic mass is 10.1. The predicted molar refractivity (Wildman–Crippen MR) is 79.5 cm³/mol. The van der Waals surface area contributed by atoms with E-state index in [0.29, 0.717) is 12.3 Å². The van der Waals surface area contributed by atoms with E-state index in [2.05, 4.69) is 10.0 Å². The van der Waals surface area contributed by atoms with Crippen molar-refractivity contribution < 1.29 is 17.9 Å². The maximum Gasteiger partial charge on any atom is 0.240 e. The molecule has 1 aromatic carbocycles. The number of ether oxygens (including phenoxy) is 1. The van der Waals surface area contributed by atoms with E-state index in [0.717, 1.165) is 12.8 Å². The number of amides is 1. The van der Waals surface area contributed by atoms with Crippen molar-refractivity contribution in [2.75, 3.05) is 11.9 Å². The molecule has 1 fully saturated rings. The molecule has 1 aliphatic heterocycles. The Balaban J connectivity index is 2.06. The first kappa shape index (κ1) is 15.9. The largest absolute Gasteiger partial charge is 0.377 e. The molecule has 2 unspecified atom stereocenters. The number of rotatable bonds is 5. The van der Waals surface area contributed by atoms with Crippen LogP contribution in [0.1, 0.15) is 26.7 Å². The van der Waals surface area contributed by atoms with Crippen molar-refractivity contribution in [2.24, 2.45) is 0 Å². The van der Waals surface area contributed by atoms with Crippen LogP contribution < -0.4 is 10.0 Å². The first-order valence-corrected chi connectivity index (χ1v) is 8.38. The molecule has 1 heterocycles. The maximum absolute atomic E-state index is 12.3. The molecular formula is C14H20N2O4S. The highest BCUT2D eigenvalue weighted by atomic mass is 32.2. The molecule has 21 heavy (non-hydrogen) atoms. The maximum atomic E-state index is 12.3. The van der Waals surface area contributed by atoms with Crippen LogP contribution in [0.3, 0.4) is 0 Å². The minimum Gasteiger partial charge on any atom is -0.377 e. The summed E-state index contributed by atoms with van der Waals surface area (Å²) in [4.78, 5) is 11.1. The first-order chi connectivity index (χ1) is 9.88. The van der Waals surface area contributed by atoms with Crippen molar-refractivity contribution in [1.82, 2.24) is 4.72 Å². The van der Waals surface area contributed by atoms with E-state index >= 15 is 0 Å². The Morgan fingerprint density at radius 1 is 1.33 bits per heavy atom. The van der Waals surface area contributed by atoms with Gasteiger partial charge in [-0.15, -0.1) is 0 Å². The number of benzene rings is 1. The lowest BCUT2D eigenvalue weighted by Gasteiger charge is -2.20. The summed E-state index contributed by atoms with van der Waals surface area (Å²) in [5.74, 6) is -0.198. The van der Waals surface area contributed by atoms with Crippen molar-refractivity contribution in [3.05, 3.63) is 24.3 Å². The van der Waals surface area contributed by atoms with Gasteiger partial charge in [-0.1, -0.05) is 0 Å². The molecule has 1 amide bonds. The van der Waals surface area contributed by atoms with Crippen LogP contribution in [-0.2, 0) is 19.6 Å². The van der Waals surface area contributed by atoms with E-state index in [1.54, 1.807) is 19.1 Å². The summed E-state index contributed by atoms with van der Waals surface area (Å²) < 4.78 is 32.7. The van der Waals surface area contributed by atoms with E-state index in [9.17, 15) is 13.2 Å². The van der Waals surface area contributed by atoms with Crippen LogP contribution in [0, 0.1) is 0 Å². The average molecular weight is 312 g/mol. The Labute approximate surface area is 124 Å². The molecule has 2 atom stereocenters. The number of nitrogens with one attached hydrogen (secondary N) is 2. The van der Waals surface area contributed by atoms with E-state index < -0.39 is 10.0 Å². The molecule has 1 aromatic rings. The van der Waals surface area contributed by atoms with Crippen LogP contribution in [0.15, 0.2) is 29.2 Å². The number of carbonyl (C=O) groups is 1. The Hall–Kier alpha value is -1.44. The number of anilines is 1. The van der Waals surface area contributed by atoms with Gasteiger partial charge in [-0.05, 0) is 44.0 Å². The zero-order chi connectivity index (χ0) is 15.5. The Morgan fingerprint density at radius 2 is 2.00 bits per heavy atom. The molecule has 7 heteroatoms. The molecule has 2 rings (SSSR count). The van der Waals surface area contributed by atoms with E-state index in [-0.39, 0.29) is 22.9 Å². The summed E-state index contributed by atoms with van der Waals surface area (Å²) in [6.45, 7) is 3.89. The quantitative estimate of drug-likeness (QED) is 0.863. The monoisotopic (exact) mass is 312 g/mol. The van der Waals surface area contributed by atoms with E-state index in [4.69, 9.17) is 4.74 Å². The van der Waals surface area contributed by atoms with Gasteiger partial charge in [0.1, 0.15) is 0 Å². The van der Waals surface area contributed by atoms with Gasteiger partial charge in [-0.3, -0.25) is 4.79 Å². The van der Waals surface area contributed by atoms with Gasteiger partial charge < -0.3 is 10.1 Å². The third kappa shape index (κ3) is 4.26. The van der Waals surface area contributed by atoms with Crippen LogP contribution in [0.4, 0.5) is 5.69 Å². The number of sulfonamides is 1. The van der Waals surface area contributed by atoms with Crippen LogP contribution in [-0.4, -0.2) is 33.1 Å². The molecule has 1 saturated heterocycles. The SMILES string of the molecule is CC(=O)Nc1ccc(S(=O)(=O)NC(C)C2CCCO2)cc1. The van der Waals surface area contributed by atoms with Crippen molar-refractivity contribution in [3.63, 3.8) is 0 Å². The second-order valence-corrected chi connectivity index (χ2v) is 6.88. The molecule has 0 aliphatic carbocycles. The van der Waals surface area contributed by atoms with Gasteiger partial charge in [0, 0.05) is 25.3 Å². The highest BCUT2D eigenvalue weighted by Crippen LogP contribution is 2.19. The van der Waals surface area contributed by atoms with E-state index in [1.165, 1.54) is 19.1 Å². The molecule has 0 aromatic heterocycles. The third-order valence-electron chi connectivity index (χ3n) is 3.35. The van der Waals surface area contributed by atoms with Gasteiger partial charge in [0.25, 0.3) is 0 Å². The van der Waals surface area contributed by atoms with Crippen molar-refractivity contribution in [3.8, 4) is 0 Å². The highest BCUT2D eigenvalue weighted by molar-refractivity contribution is 7.89. The molecule has 0 bridgehead atoms. The van der Waals surface area contributed by atoms with Crippen LogP contribution >= 0.6 is 0 Å². The summed E-state index contributed by atoms with van der Waals surface area (Å²) in [5.41, 5.74) is 0.564. The molecule has 2 N–H and O–H groups in total. The summed E-state index contributed by atoms with van der Waals surface area (Å²) in [6.07, 6.45) is 1.76. The summed E-state index contributed by atoms with van der Waals surface area (Å²) in [6, 6.07) is 5.79. The van der Waals surface area contributed by atoms with Gasteiger partial charge >= 0.3 is 0 Å². The summed E-state index contributed by atoms with van der Waals surface area (Å²) in [5, 5.41) is 2.59. The third-order valence-corrected chi connectivity index (χ3v) is 4.92. The molecule has 1 aliphatic rings. The molecule has 0 saturated carbocycles. The molecular weight excluding hydrogens is 292 g/mol. The lowest BCUT2D eigenvalue weighted by Crippen LogP contribution is -2.40. The lowest BCUT2D eigenvalue weighted by molar-refractivity contribution is -0.114. The van der Waals surface area contributed by atoms with Crippen LogP contribution in [0.2, 0.25) is 0 Å². The van der Waals surface area contributed by atoms with Gasteiger partial charge in [0.15, 0.2) is 0 Å². The number of carbonyl (C=O) groups excluding carboxylic acids is 1. The number of hydrogen-bond donors (Lipinski definition) is 2. The zero-order valence-corrected chi connectivity index (χ0v) is 12.9. The predicted octanol–water partition coefficient (Wildman–Crippen LogP) is 1.49. The first-order valence-electron chi connectivity index (χ1n) is 6.90. The second-order valence-electron chi connectivity index (χ2n) is 5.17. The summed E-state index contributed by atoms with van der Waals surface area (Å²) >= 11 is 0. The average Bonchev–Trinajstić information content (AvgIpc) is 2.92.